The summed E-state index contributed by atoms with van der Waals surface area (Å²) >= 11 is 12.4. The zero-order valence-electron chi connectivity index (χ0n) is 16.6. The summed E-state index contributed by atoms with van der Waals surface area (Å²) < 4.78 is 5.34. The third kappa shape index (κ3) is 6.16. The van der Waals surface area contributed by atoms with Gasteiger partial charge in [-0.3, -0.25) is 14.5 Å². The van der Waals surface area contributed by atoms with Gasteiger partial charge in [-0.25, -0.2) is 4.79 Å². The molecule has 0 radical (unpaired) electrons. The minimum absolute atomic E-state index is 0.0836. The first-order chi connectivity index (χ1) is 14.9. The molecule has 1 fully saturated rings. The minimum Gasteiger partial charge on any atom is -0.462 e. The van der Waals surface area contributed by atoms with E-state index >= 15 is 0 Å². The average Bonchev–Trinajstić information content (AvgIpc) is 3.01. The normalized spacial score (nSPS) is 14.8. The molecule has 0 saturated carbocycles. The summed E-state index contributed by atoms with van der Waals surface area (Å²) in [5.74, 6) is -0.905. The number of ether oxygens (including phenoxy) is 1. The lowest BCUT2D eigenvalue weighted by Gasteiger charge is -2.14. The fourth-order valence-corrected chi connectivity index (χ4v) is 4.18. The predicted molar refractivity (Wildman–Crippen MR) is 127 cm³/mol. The number of hydrogen-bond donors (Lipinski definition) is 1. The quantitative estimate of drug-likeness (QED) is 0.354. The number of hydrogen-bond acceptors (Lipinski definition) is 6. The van der Waals surface area contributed by atoms with Gasteiger partial charge in [0, 0.05) is 23.7 Å². The van der Waals surface area contributed by atoms with Gasteiger partial charge < -0.3 is 10.1 Å². The van der Waals surface area contributed by atoms with E-state index in [1.807, 2.05) is 12.1 Å². The van der Waals surface area contributed by atoms with E-state index in [-0.39, 0.29) is 24.8 Å². The number of thioether (sulfide) groups is 1. The molecule has 1 heterocycles. The van der Waals surface area contributed by atoms with Crippen molar-refractivity contribution < 1.29 is 19.1 Å². The Morgan fingerprint density at radius 2 is 1.84 bits per heavy atom. The van der Waals surface area contributed by atoms with Gasteiger partial charge in [-0.05, 0) is 55.0 Å². The van der Waals surface area contributed by atoms with Crippen LogP contribution in [0.15, 0.2) is 53.4 Å². The van der Waals surface area contributed by atoms with Crippen molar-refractivity contribution in [2.75, 3.05) is 18.5 Å². The molecule has 160 valence electrons. The van der Waals surface area contributed by atoms with E-state index in [1.165, 1.54) is 16.7 Å². The van der Waals surface area contributed by atoms with Crippen molar-refractivity contribution >= 4 is 69.4 Å². The molecule has 0 bridgehead atoms. The van der Waals surface area contributed by atoms with Crippen LogP contribution in [0.4, 0.5) is 5.69 Å². The van der Waals surface area contributed by atoms with E-state index in [0.29, 0.717) is 32.1 Å². The topological polar surface area (TPSA) is 75.7 Å². The van der Waals surface area contributed by atoms with Crippen LogP contribution in [-0.4, -0.2) is 40.2 Å². The van der Waals surface area contributed by atoms with Crippen LogP contribution in [0, 0.1) is 0 Å². The van der Waals surface area contributed by atoms with Gasteiger partial charge in [-0.15, -0.1) is 0 Å². The molecule has 0 aromatic heterocycles. The highest BCUT2D eigenvalue weighted by atomic mass is 35.5. The van der Waals surface area contributed by atoms with Gasteiger partial charge in [0.2, 0.25) is 5.91 Å². The first-order valence-electron chi connectivity index (χ1n) is 9.45. The lowest BCUT2D eigenvalue weighted by atomic mass is 10.2. The number of thiocarbonyl (C=S) groups is 1. The Morgan fingerprint density at radius 1 is 1.16 bits per heavy atom. The fraction of sp³-hybridized carbons (Fsp3) is 0.182. The number of nitrogens with zero attached hydrogens (tertiary/aromatic N) is 1. The molecule has 2 aromatic carbocycles. The van der Waals surface area contributed by atoms with E-state index in [0.717, 1.165) is 5.56 Å². The third-order valence-corrected chi connectivity index (χ3v) is 5.91. The molecule has 9 heteroatoms. The molecule has 6 nitrogen and oxygen atoms in total. The van der Waals surface area contributed by atoms with Gasteiger partial charge in [0.05, 0.1) is 17.1 Å². The van der Waals surface area contributed by atoms with Gasteiger partial charge in [0.25, 0.3) is 5.91 Å². The second-order valence-corrected chi connectivity index (χ2v) is 8.59. The number of carbonyl (C=O) groups excluding carboxylic acids is 3. The SMILES string of the molecule is CCOC(=O)c1ccc(NC(=O)CCN2C(=O)/C(=C/c3ccc(Cl)cc3)SC2=S)cc1. The molecule has 0 spiro atoms. The molecule has 0 atom stereocenters. The van der Waals surface area contributed by atoms with E-state index in [2.05, 4.69) is 5.32 Å². The van der Waals surface area contributed by atoms with Crippen LogP contribution in [0.2, 0.25) is 5.02 Å². The number of anilines is 1. The van der Waals surface area contributed by atoms with Gasteiger partial charge in [0.15, 0.2) is 0 Å². The summed E-state index contributed by atoms with van der Waals surface area (Å²) in [4.78, 5) is 38.5. The van der Waals surface area contributed by atoms with Crippen molar-refractivity contribution in [2.45, 2.75) is 13.3 Å². The summed E-state index contributed by atoms with van der Waals surface area (Å²) in [5, 5.41) is 3.36. The molecule has 0 aliphatic carbocycles. The number of nitrogens with one attached hydrogen (secondary N) is 1. The van der Waals surface area contributed by atoms with Crippen molar-refractivity contribution in [3.8, 4) is 0 Å². The number of carbonyl (C=O) groups is 3. The predicted octanol–water partition coefficient (Wildman–Crippen LogP) is 4.75. The first-order valence-corrected chi connectivity index (χ1v) is 11.1. The Hall–Kier alpha value is -2.68. The average molecular weight is 475 g/mol. The Kier molecular flexibility index (Phi) is 7.84. The second-order valence-electron chi connectivity index (χ2n) is 6.48. The van der Waals surface area contributed by atoms with Crippen molar-refractivity contribution in [3.05, 3.63) is 69.6 Å². The maximum atomic E-state index is 12.7. The molecule has 0 unspecified atom stereocenters. The van der Waals surface area contributed by atoms with E-state index in [9.17, 15) is 14.4 Å². The van der Waals surface area contributed by atoms with Gasteiger partial charge in [-0.1, -0.05) is 47.7 Å². The number of rotatable bonds is 7. The second kappa shape index (κ2) is 10.6. The van der Waals surface area contributed by atoms with Crippen LogP contribution in [-0.2, 0) is 14.3 Å². The van der Waals surface area contributed by atoms with E-state index in [1.54, 1.807) is 49.4 Å². The zero-order chi connectivity index (χ0) is 22.4. The summed E-state index contributed by atoms with van der Waals surface area (Å²) in [6, 6.07) is 13.5. The van der Waals surface area contributed by atoms with Gasteiger partial charge in [-0.2, -0.15) is 0 Å². The molecular weight excluding hydrogens is 456 g/mol. The van der Waals surface area contributed by atoms with Gasteiger partial charge in [0.1, 0.15) is 4.32 Å². The molecule has 2 aromatic rings. The molecule has 3 rings (SSSR count). The van der Waals surface area contributed by atoms with Crippen LogP contribution < -0.4 is 5.32 Å². The van der Waals surface area contributed by atoms with Crippen LogP contribution in [0.5, 0.6) is 0 Å². The van der Waals surface area contributed by atoms with Crippen molar-refractivity contribution in [2.24, 2.45) is 0 Å². The standard InChI is InChI=1S/C22H19ClN2O4S2/c1-2-29-21(28)15-5-9-17(10-6-15)24-19(26)11-12-25-20(27)18(31-22(25)30)13-14-3-7-16(23)8-4-14/h3-10,13H,2,11-12H2,1H3,(H,24,26)/b18-13-. The highest BCUT2D eigenvalue weighted by molar-refractivity contribution is 8.26. The van der Waals surface area contributed by atoms with Crippen LogP contribution in [0.1, 0.15) is 29.3 Å². The summed E-state index contributed by atoms with van der Waals surface area (Å²) in [6.07, 6.45) is 1.83. The molecule has 1 saturated heterocycles. The monoisotopic (exact) mass is 474 g/mol. The largest absolute Gasteiger partial charge is 0.462 e. The fourth-order valence-electron chi connectivity index (χ4n) is 2.74. The Morgan fingerprint density at radius 3 is 2.48 bits per heavy atom. The maximum Gasteiger partial charge on any atom is 0.338 e. The van der Waals surface area contributed by atoms with Crippen LogP contribution in [0.25, 0.3) is 6.08 Å². The molecule has 2 amide bonds. The summed E-state index contributed by atoms with van der Waals surface area (Å²) in [6.45, 7) is 2.21. The zero-order valence-corrected chi connectivity index (χ0v) is 19.0. The molecule has 1 aliphatic heterocycles. The lowest BCUT2D eigenvalue weighted by Crippen LogP contribution is -2.31. The van der Waals surface area contributed by atoms with Gasteiger partial charge >= 0.3 is 5.97 Å². The number of amides is 2. The molecule has 1 N–H and O–H groups in total. The van der Waals surface area contributed by atoms with Crippen molar-refractivity contribution in [3.63, 3.8) is 0 Å². The maximum absolute atomic E-state index is 12.7. The molecular formula is C22H19ClN2O4S2. The molecule has 31 heavy (non-hydrogen) atoms. The minimum atomic E-state index is -0.415. The van der Waals surface area contributed by atoms with Crippen LogP contribution in [0.3, 0.4) is 0 Å². The van der Waals surface area contributed by atoms with Crippen molar-refractivity contribution in [1.29, 1.82) is 0 Å². The Bertz CT molecular complexity index is 1040. The first kappa shape index (κ1) is 23.0. The highest BCUT2D eigenvalue weighted by Crippen LogP contribution is 2.32. The smallest absolute Gasteiger partial charge is 0.338 e. The molecule has 1 aliphatic rings. The highest BCUT2D eigenvalue weighted by Gasteiger charge is 2.32. The summed E-state index contributed by atoms with van der Waals surface area (Å²) in [5.41, 5.74) is 1.80. The number of esters is 1. The number of benzene rings is 2. The van der Waals surface area contributed by atoms with E-state index in [4.69, 9.17) is 28.6 Å². The summed E-state index contributed by atoms with van der Waals surface area (Å²) in [7, 11) is 0. The lowest BCUT2D eigenvalue weighted by molar-refractivity contribution is -0.122. The Balaban J connectivity index is 1.55. The third-order valence-electron chi connectivity index (χ3n) is 4.28. The van der Waals surface area contributed by atoms with Crippen LogP contribution >= 0.6 is 35.6 Å². The van der Waals surface area contributed by atoms with Crippen molar-refractivity contribution in [1.82, 2.24) is 4.90 Å². The Labute approximate surface area is 194 Å². The van der Waals surface area contributed by atoms with E-state index < -0.39 is 5.97 Å². The number of halogens is 1.